The summed E-state index contributed by atoms with van der Waals surface area (Å²) in [5.74, 6) is 0.430. The molecule has 0 aromatic heterocycles. The molecule has 0 saturated heterocycles. The zero-order valence-electron chi connectivity index (χ0n) is 8.38. The smallest absolute Gasteiger partial charge is 0.308 e. The predicted octanol–water partition coefficient (Wildman–Crippen LogP) is 2.49. The second-order valence-corrected chi connectivity index (χ2v) is 3.73. The summed E-state index contributed by atoms with van der Waals surface area (Å²) in [4.78, 5) is 10.8. The number of carbonyl (C=O) groups excluding carboxylic acids is 1. The van der Waals surface area contributed by atoms with Crippen LogP contribution in [0.15, 0.2) is 18.2 Å². The van der Waals surface area contributed by atoms with Crippen molar-refractivity contribution in [2.45, 2.75) is 32.6 Å². The SMILES string of the molecule is CC(=O)Oc1ccc2c(c1)CCCC2. The van der Waals surface area contributed by atoms with E-state index in [0.29, 0.717) is 5.75 Å². The summed E-state index contributed by atoms with van der Waals surface area (Å²) in [6.07, 6.45) is 4.80. The van der Waals surface area contributed by atoms with Crippen LogP contribution in [0.5, 0.6) is 5.75 Å². The van der Waals surface area contributed by atoms with Gasteiger partial charge in [-0.15, -0.1) is 0 Å². The number of hydrogen-bond donors (Lipinski definition) is 0. The molecule has 0 heterocycles. The number of carbonyl (C=O) groups is 1. The van der Waals surface area contributed by atoms with Gasteiger partial charge in [-0.25, -0.2) is 0 Å². The molecule has 2 rings (SSSR count). The van der Waals surface area contributed by atoms with Crippen molar-refractivity contribution < 1.29 is 9.53 Å². The van der Waals surface area contributed by atoms with Crippen molar-refractivity contribution in [2.75, 3.05) is 0 Å². The van der Waals surface area contributed by atoms with Crippen molar-refractivity contribution in [1.82, 2.24) is 0 Å². The van der Waals surface area contributed by atoms with Crippen molar-refractivity contribution in [3.05, 3.63) is 29.3 Å². The van der Waals surface area contributed by atoms with E-state index >= 15 is 0 Å². The van der Waals surface area contributed by atoms with Crippen LogP contribution in [-0.4, -0.2) is 5.97 Å². The maximum Gasteiger partial charge on any atom is 0.308 e. The first kappa shape index (κ1) is 9.25. The van der Waals surface area contributed by atoms with Crippen LogP contribution < -0.4 is 4.74 Å². The van der Waals surface area contributed by atoms with Gasteiger partial charge in [0.25, 0.3) is 0 Å². The minimum atomic E-state index is -0.249. The molecule has 0 saturated carbocycles. The van der Waals surface area contributed by atoms with Gasteiger partial charge in [0.2, 0.25) is 0 Å². The number of ether oxygens (including phenoxy) is 1. The minimum absolute atomic E-state index is 0.249. The summed E-state index contributed by atoms with van der Waals surface area (Å²) in [6, 6.07) is 5.95. The molecule has 0 radical (unpaired) electrons. The maximum atomic E-state index is 10.8. The molecule has 0 atom stereocenters. The Labute approximate surface area is 83.9 Å². The number of aryl methyl sites for hydroxylation is 2. The molecule has 0 amide bonds. The van der Waals surface area contributed by atoms with Crippen LogP contribution >= 0.6 is 0 Å². The Balaban J connectivity index is 2.24. The number of hydrogen-bond acceptors (Lipinski definition) is 2. The lowest BCUT2D eigenvalue weighted by atomic mass is 9.92. The number of fused-ring (bicyclic) bond motifs is 1. The van der Waals surface area contributed by atoms with E-state index in [2.05, 4.69) is 6.07 Å². The third-order valence-electron chi connectivity index (χ3n) is 2.58. The molecule has 14 heavy (non-hydrogen) atoms. The molecule has 0 bridgehead atoms. The molecular weight excluding hydrogens is 176 g/mol. The maximum absolute atomic E-state index is 10.8. The Morgan fingerprint density at radius 1 is 1.21 bits per heavy atom. The van der Waals surface area contributed by atoms with E-state index in [1.54, 1.807) is 0 Å². The fraction of sp³-hybridized carbons (Fsp3) is 0.417. The van der Waals surface area contributed by atoms with Crippen molar-refractivity contribution in [3.63, 3.8) is 0 Å². The van der Waals surface area contributed by atoms with Crippen molar-refractivity contribution in [1.29, 1.82) is 0 Å². The molecule has 0 spiro atoms. The average molecular weight is 190 g/mol. The van der Waals surface area contributed by atoms with Gasteiger partial charge in [0, 0.05) is 6.92 Å². The Bertz CT molecular complexity index is 355. The van der Waals surface area contributed by atoms with Gasteiger partial charge in [0.05, 0.1) is 0 Å². The summed E-state index contributed by atoms with van der Waals surface area (Å²) in [5, 5.41) is 0. The van der Waals surface area contributed by atoms with Gasteiger partial charge >= 0.3 is 5.97 Å². The Morgan fingerprint density at radius 2 is 1.93 bits per heavy atom. The third kappa shape index (κ3) is 1.95. The quantitative estimate of drug-likeness (QED) is 0.502. The predicted molar refractivity (Wildman–Crippen MR) is 54.4 cm³/mol. The van der Waals surface area contributed by atoms with Crippen molar-refractivity contribution >= 4 is 5.97 Å². The number of esters is 1. The topological polar surface area (TPSA) is 26.3 Å². The Morgan fingerprint density at radius 3 is 2.64 bits per heavy atom. The van der Waals surface area contributed by atoms with E-state index in [0.717, 1.165) is 12.8 Å². The molecular formula is C12H14O2. The summed E-state index contributed by atoms with van der Waals surface area (Å²) in [7, 11) is 0. The van der Waals surface area contributed by atoms with Gasteiger partial charge in [0.15, 0.2) is 0 Å². The molecule has 2 nitrogen and oxygen atoms in total. The van der Waals surface area contributed by atoms with E-state index in [1.165, 1.54) is 30.9 Å². The highest BCUT2D eigenvalue weighted by Crippen LogP contribution is 2.25. The normalized spacial score (nSPS) is 14.6. The van der Waals surface area contributed by atoms with Crippen LogP contribution in [0.4, 0.5) is 0 Å². The second kappa shape index (κ2) is 3.82. The summed E-state index contributed by atoms with van der Waals surface area (Å²) < 4.78 is 5.04. The number of rotatable bonds is 1. The molecule has 1 aliphatic rings. The van der Waals surface area contributed by atoms with E-state index in [-0.39, 0.29) is 5.97 Å². The highest BCUT2D eigenvalue weighted by atomic mass is 16.5. The van der Waals surface area contributed by atoms with Crippen LogP contribution in [0.1, 0.15) is 30.9 Å². The van der Waals surface area contributed by atoms with Gasteiger partial charge in [-0.1, -0.05) is 6.07 Å². The highest BCUT2D eigenvalue weighted by Gasteiger charge is 2.10. The van der Waals surface area contributed by atoms with Crippen LogP contribution in [-0.2, 0) is 17.6 Å². The van der Waals surface area contributed by atoms with Gasteiger partial charge in [-0.2, -0.15) is 0 Å². The monoisotopic (exact) mass is 190 g/mol. The molecule has 74 valence electrons. The van der Waals surface area contributed by atoms with Gasteiger partial charge < -0.3 is 4.74 Å². The molecule has 0 unspecified atom stereocenters. The Hall–Kier alpha value is -1.31. The first-order valence-electron chi connectivity index (χ1n) is 5.06. The first-order valence-corrected chi connectivity index (χ1v) is 5.06. The standard InChI is InChI=1S/C12H14O2/c1-9(13)14-12-7-6-10-4-2-3-5-11(10)8-12/h6-8H,2-5H2,1H3. The zero-order valence-corrected chi connectivity index (χ0v) is 8.38. The van der Waals surface area contributed by atoms with E-state index < -0.39 is 0 Å². The van der Waals surface area contributed by atoms with Gasteiger partial charge in [-0.05, 0) is 48.9 Å². The van der Waals surface area contributed by atoms with Crippen LogP contribution in [0.2, 0.25) is 0 Å². The summed E-state index contributed by atoms with van der Waals surface area (Å²) >= 11 is 0. The summed E-state index contributed by atoms with van der Waals surface area (Å²) in [5.41, 5.74) is 2.75. The van der Waals surface area contributed by atoms with Crippen LogP contribution in [0.3, 0.4) is 0 Å². The molecule has 1 aromatic carbocycles. The lowest BCUT2D eigenvalue weighted by molar-refractivity contribution is -0.131. The number of benzene rings is 1. The molecule has 1 aromatic rings. The van der Waals surface area contributed by atoms with E-state index in [9.17, 15) is 4.79 Å². The minimum Gasteiger partial charge on any atom is -0.427 e. The molecule has 2 heteroatoms. The zero-order chi connectivity index (χ0) is 9.97. The average Bonchev–Trinajstić information content (AvgIpc) is 2.17. The van der Waals surface area contributed by atoms with Crippen molar-refractivity contribution in [2.24, 2.45) is 0 Å². The fourth-order valence-electron chi connectivity index (χ4n) is 1.94. The van der Waals surface area contributed by atoms with Crippen LogP contribution in [0.25, 0.3) is 0 Å². The molecule has 0 aliphatic heterocycles. The highest BCUT2D eigenvalue weighted by molar-refractivity contribution is 5.69. The lowest BCUT2D eigenvalue weighted by Crippen LogP contribution is -2.05. The molecule has 0 fully saturated rings. The second-order valence-electron chi connectivity index (χ2n) is 3.73. The van der Waals surface area contributed by atoms with Gasteiger partial charge in [0.1, 0.15) is 5.75 Å². The first-order chi connectivity index (χ1) is 6.75. The largest absolute Gasteiger partial charge is 0.427 e. The third-order valence-corrected chi connectivity index (χ3v) is 2.58. The van der Waals surface area contributed by atoms with Gasteiger partial charge in [-0.3, -0.25) is 4.79 Å². The van der Waals surface area contributed by atoms with Crippen LogP contribution in [0, 0.1) is 0 Å². The lowest BCUT2D eigenvalue weighted by Gasteiger charge is -2.15. The van der Waals surface area contributed by atoms with E-state index in [4.69, 9.17) is 4.74 Å². The molecule has 1 aliphatic carbocycles. The van der Waals surface area contributed by atoms with Crippen molar-refractivity contribution in [3.8, 4) is 5.75 Å². The Kier molecular flexibility index (Phi) is 2.53. The molecule has 0 N–H and O–H groups in total. The summed E-state index contributed by atoms with van der Waals surface area (Å²) in [6.45, 7) is 1.43. The fourth-order valence-corrected chi connectivity index (χ4v) is 1.94. The van der Waals surface area contributed by atoms with E-state index in [1.807, 2.05) is 12.1 Å².